The molecule has 2 unspecified atom stereocenters. The second kappa shape index (κ2) is 5.16. The number of nitrogens with one attached hydrogen (secondary N) is 1. The van der Waals surface area contributed by atoms with Crippen LogP contribution < -0.4 is 5.32 Å². The van der Waals surface area contributed by atoms with Gasteiger partial charge in [0.05, 0.1) is 4.90 Å². The van der Waals surface area contributed by atoms with E-state index in [9.17, 15) is 8.42 Å². The van der Waals surface area contributed by atoms with Crippen LogP contribution in [0.4, 0.5) is 0 Å². The Morgan fingerprint density at radius 1 is 1.11 bits per heavy atom. The molecule has 0 aliphatic carbocycles. The smallest absolute Gasteiger partial charge is 0.243 e. The first kappa shape index (κ1) is 13.5. The van der Waals surface area contributed by atoms with E-state index in [1.165, 1.54) is 0 Å². The van der Waals surface area contributed by atoms with Gasteiger partial charge in [0.15, 0.2) is 0 Å². The first-order chi connectivity index (χ1) is 9.09. The number of benzene rings is 1. The summed E-state index contributed by atoms with van der Waals surface area (Å²) >= 11 is 3.34. The molecule has 4 nitrogen and oxygen atoms in total. The minimum atomic E-state index is -3.37. The highest BCUT2D eigenvalue weighted by atomic mass is 79.9. The summed E-state index contributed by atoms with van der Waals surface area (Å²) in [5.41, 5.74) is 0. The van der Waals surface area contributed by atoms with E-state index in [1.807, 2.05) is 0 Å². The molecule has 2 saturated heterocycles. The molecule has 2 aliphatic rings. The first-order valence-corrected chi connectivity index (χ1v) is 8.82. The van der Waals surface area contributed by atoms with Gasteiger partial charge in [-0.05, 0) is 50.1 Å². The van der Waals surface area contributed by atoms with Crippen LogP contribution in [-0.2, 0) is 10.0 Å². The zero-order valence-corrected chi connectivity index (χ0v) is 13.0. The van der Waals surface area contributed by atoms with Crippen molar-refractivity contribution in [3.63, 3.8) is 0 Å². The van der Waals surface area contributed by atoms with Crippen LogP contribution in [0.2, 0.25) is 0 Å². The molecule has 6 heteroatoms. The second-order valence-corrected chi connectivity index (χ2v) is 7.93. The zero-order valence-electron chi connectivity index (χ0n) is 10.5. The van der Waals surface area contributed by atoms with E-state index in [0.29, 0.717) is 4.90 Å². The number of rotatable bonds is 2. The summed E-state index contributed by atoms with van der Waals surface area (Å²) in [7, 11) is -3.37. The third kappa shape index (κ3) is 2.46. The number of sulfonamides is 1. The van der Waals surface area contributed by atoms with Crippen molar-refractivity contribution < 1.29 is 8.42 Å². The molecule has 0 spiro atoms. The van der Waals surface area contributed by atoms with Crippen LogP contribution in [0.15, 0.2) is 33.6 Å². The molecule has 0 aromatic heterocycles. The molecule has 0 amide bonds. The van der Waals surface area contributed by atoms with Crippen LogP contribution in [0.1, 0.15) is 19.3 Å². The van der Waals surface area contributed by atoms with E-state index >= 15 is 0 Å². The van der Waals surface area contributed by atoms with Crippen molar-refractivity contribution in [2.45, 2.75) is 36.2 Å². The molecule has 2 bridgehead atoms. The summed E-state index contributed by atoms with van der Waals surface area (Å²) in [5.74, 6) is 0. The number of halogens is 1. The Labute approximate surface area is 122 Å². The fourth-order valence-corrected chi connectivity index (χ4v) is 5.22. The molecule has 0 saturated carbocycles. The lowest BCUT2D eigenvalue weighted by Gasteiger charge is -2.26. The van der Waals surface area contributed by atoms with E-state index in [-0.39, 0.29) is 12.1 Å². The molecule has 2 heterocycles. The summed E-state index contributed by atoms with van der Waals surface area (Å²) in [4.78, 5) is 0.398. The number of nitrogens with zero attached hydrogens (tertiary/aromatic N) is 1. The van der Waals surface area contributed by atoms with Gasteiger partial charge in [0.2, 0.25) is 10.0 Å². The van der Waals surface area contributed by atoms with Gasteiger partial charge >= 0.3 is 0 Å². The van der Waals surface area contributed by atoms with Crippen LogP contribution in [0, 0.1) is 0 Å². The van der Waals surface area contributed by atoms with E-state index in [1.54, 1.807) is 28.6 Å². The predicted molar refractivity (Wildman–Crippen MR) is 77.5 cm³/mol. The molecule has 19 heavy (non-hydrogen) atoms. The summed E-state index contributed by atoms with van der Waals surface area (Å²) in [6.07, 6.45) is 2.86. The van der Waals surface area contributed by atoms with Gasteiger partial charge in [0.1, 0.15) is 0 Å². The van der Waals surface area contributed by atoms with Gasteiger partial charge in [-0.2, -0.15) is 4.31 Å². The average Bonchev–Trinajstić information content (AvgIpc) is 2.64. The minimum absolute atomic E-state index is 0.112. The normalized spacial score (nSPS) is 28.3. The van der Waals surface area contributed by atoms with E-state index in [2.05, 4.69) is 21.2 Å². The van der Waals surface area contributed by atoms with Gasteiger partial charge in [0.25, 0.3) is 0 Å². The maximum absolute atomic E-state index is 12.8. The molecule has 104 valence electrons. The van der Waals surface area contributed by atoms with E-state index in [4.69, 9.17) is 0 Å². The first-order valence-electron chi connectivity index (χ1n) is 6.59. The molecular formula is C13H17BrN2O2S. The molecule has 3 rings (SSSR count). The Kier molecular flexibility index (Phi) is 3.68. The van der Waals surface area contributed by atoms with Crippen LogP contribution >= 0.6 is 15.9 Å². The van der Waals surface area contributed by atoms with Crippen LogP contribution in [0.25, 0.3) is 0 Å². The zero-order chi connectivity index (χ0) is 13.5. The highest BCUT2D eigenvalue weighted by Crippen LogP contribution is 2.33. The maximum atomic E-state index is 12.8. The van der Waals surface area contributed by atoms with Crippen molar-refractivity contribution in [1.82, 2.24) is 9.62 Å². The summed E-state index contributed by atoms with van der Waals surface area (Å²) in [6.45, 7) is 1.68. The summed E-state index contributed by atoms with van der Waals surface area (Å²) < 4.78 is 28.2. The largest absolute Gasteiger partial charge is 0.315 e. The van der Waals surface area contributed by atoms with E-state index in [0.717, 1.165) is 36.8 Å². The number of fused-ring (bicyclic) bond motifs is 2. The molecule has 1 aromatic rings. The van der Waals surface area contributed by atoms with Crippen LogP contribution in [0.5, 0.6) is 0 Å². The lowest BCUT2D eigenvalue weighted by Crippen LogP contribution is -2.42. The van der Waals surface area contributed by atoms with Gasteiger partial charge in [-0.25, -0.2) is 8.42 Å². The molecule has 1 N–H and O–H groups in total. The molecule has 1 aromatic carbocycles. The van der Waals surface area contributed by atoms with Gasteiger partial charge in [-0.1, -0.05) is 15.9 Å². The number of hydrogen-bond acceptors (Lipinski definition) is 3. The van der Waals surface area contributed by atoms with Crippen molar-refractivity contribution in [2.75, 3.05) is 13.1 Å². The minimum Gasteiger partial charge on any atom is -0.315 e. The quantitative estimate of drug-likeness (QED) is 0.892. The third-order valence-corrected chi connectivity index (χ3v) is 6.52. The Balaban J connectivity index is 1.97. The molecule has 2 atom stereocenters. The lowest BCUT2D eigenvalue weighted by molar-refractivity contribution is 0.334. The maximum Gasteiger partial charge on any atom is 0.243 e. The highest BCUT2D eigenvalue weighted by Gasteiger charge is 2.42. The van der Waals surface area contributed by atoms with Crippen LogP contribution in [0.3, 0.4) is 0 Å². The monoisotopic (exact) mass is 344 g/mol. The third-order valence-electron chi connectivity index (χ3n) is 3.98. The lowest BCUT2D eigenvalue weighted by atomic mass is 10.1. The van der Waals surface area contributed by atoms with Crippen molar-refractivity contribution in [1.29, 1.82) is 0 Å². The van der Waals surface area contributed by atoms with Crippen molar-refractivity contribution in [3.8, 4) is 0 Å². The Morgan fingerprint density at radius 3 is 2.53 bits per heavy atom. The van der Waals surface area contributed by atoms with E-state index < -0.39 is 10.0 Å². The van der Waals surface area contributed by atoms with Crippen molar-refractivity contribution >= 4 is 26.0 Å². The fourth-order valence-electron chi connectivity index (χ4n) is 3.06. The Morgan fingerprint density at radius 2 is 1.79 bits per heavy atom. The van der Waals surface area contributed by atoms with Gasteiger partial charge in [-0.3, -0.25) is 0 Å². The fraction of sp³-hybridized carbons (Fsp3) is 0.538. The molecule has 0 radical (unpaired) electrons. The van der Waals surface area contributed by atoms with Crippen molar-refractivity contribution in [3.05, 3.63) is 28.7 Å². The van der Waals surface area contributed by atoms with Crippen LogP contribution in [-0.4, -0.2) is 37.9 Å². The second-order valence-electron chi connectivity index (χ2n) is 5.17. The van der Waals surface area contributed by atoms with Gasteiger partial charge < -0.3 is 5.32 Å². The summed E-state index contributed by atoms with van der Waals surface area (Å²) in [6, 6.07) is 7.19. The molecular weight excluding hydrogens is 328 g/mol. The summed E-state index contributed by atoms with van der Waals surface area (Å²) in [5, 5.41) is 3.33. The molecule has 2 fully saturated rings. The SMILES string of the molecule is O=S(=O)(c1ccc(Br)cc1)N1C2CCNCC1CC2. The highest BCUT2D eigenvalue weighted by molar-refractivity contribution is 9.10. The standard InChI is InChI=1S/C13H17BrN2O2S/c14-10-1-5-13(6-2-10)19(17,18)16-11-3-4-12(16)9-15-8-7-11/h1-2,5-6,11-12,15H,3-4,7-9H2. The van der Waals surface area contributed by atoms with Crippen molar-refractivity contribution in [2.24, 2.45) is 0 Å². The molecule has 2 aliphatic heterocycles. The Bertz CT molecular complexity index is 545. The predicted octanol–water partition coefficient (Wildman–Crippen LogP) is 1.96. The van der Waals surface area contributed by atoms with Gasteiger partial charge in [-0.15, -0.1) is 0 Å². The average molecular weight is 345 g/mol. The number of hydrogen-bond donors (Lipinski definition) is 1. The van der Waals surface area contributed by atoms with Gasteiger partial charge in [0, 0.05) is 23.1 Å². The Hall–Kier alpha value is -0.430. The topological polar surface area (TPSA) is 49.4 Å².